The van der Waals surface area contributed by atoms with Crippen molar-refractivity contribution in [2.75, 3.05) is 0 Å². The number of pyridine rings is 1. The first-order valence-corrected chi connectivity index (χ1v) is 16.8. The van der Waals surface area contributed by atoms with Gasteiger partial charge in [-0.2, -0.15) is 4.37 Å². The highest BCUT2D eigenvalue weighted by atomic mass is 32.4. The van der Waals surface area contributed by atoms with Crippen LogP contribution in [0.3, 0.4) is 0 Å². The van der Waals surface area contributed by atoms with Gasteiger partial charge in [0.15, 0.2) is 15.3 Å². The molecule has 10 nitrogen and oxygen atoms in total. The molecule has 8 heterocycles. The molecule has 7 aromatic rings. The molecular weight excluding hydrogens is 591 g/mol. The summed E-state index contributed by atoms with van der Waals surface area (Å²) in [7, 11) is -5.25. The molecule has 0 fully saturated rings. The topological polar surface area (TPSA) is 129 Å². The predicted molar refractivity (Wildman–Crippen MR) is 158 cm³/mol. The molecule has 0 saturated heterocycles. The summed E-state index contributed by atoms with van der Waals surface area (Å²) in [5.41, 5.74) is 1.65. The van der Waals surface area contributed by atoms with Gasteiger partial charge in [0.25, 0.3) is 5.89 Å². The fourth-order valence-corrected chi connectivity index (χ4v) is 16.9. The average Bonchev–Trinajstić information content (AvgIpc) is 3.89. The van der Waals surface area contributed by atoms with Gasteiger partial charge in [0.1, 0.15) is 29.6 Å². The highest BCUT2D eigenvalue weighted by Crippen LogP contribution is 3.13. The molecule has 7 aromatic heterocycles. The zero-order valence-corrected chi connectivity index (χ0v) is 24.0. The third kappa shape index (κ3) is 2.55. The van der Waals surface area contributed by atoms with Crippen molar-refractivity contribution in [2.24, 2.45) is 4.99 Å². The molecule has 0 N–H and O–H groups in total. The van der Waals surface area contributed by atoms with Crippen LogP contribution in [0, 0.1) is 0 Å². The van der Waals surface area contributed by atoms with Crippen LogP contribution >= 0.6 is 31.2 Å². The van der Waals surface area contributed by atoms with Gasteiger partial charge >= 0.3 is 0 Å². The molecule has 0 spiro atoms. The molecule has 1 aliphatic rings. The summed E-state index contributed by atoms with van der Waals surface area (Å²) < 4.78 is 23.9. The smallest absolute Gasteiger partial charge is 0.250 e. The fourth-order valence-electron chi connectivity index (χ4n) is 6.08. The van der Waals surface area contributed by atoms with E-state index in [0.29, 0.717) is 42.3 Å². The molecule has 0 unspecified atom stereocenters. The van der Waals surface area contributed by atoms with E-state index in [9.17, 15) is 0 Å². The van der Waals surface area contributed by atoms with Gasteiger partial charge in [-0.1, -0.05) is 17.3 Å². The van der Waals surface area contributed by atoms with Crippen molar-refractivity contribution in [3.63, 3.8) is 0 Å². The Morgan fingerprint density at radius 2 is 1.62 bits per heavy atom. The van der Waals surface area contributed by atoms with E-state index in [1.807, 2.05) is 59.3 Å². The molecule has 0 aliphatic carbocycles. The van der Waals surface area contributed by atoms with Gasteiger partial charge in [0, 0.05) is 30.0 Å². The van der Waals surface area contributed by atoms with Gasteiger partial charge in [-0.05, 0) is 67.7 Å². The maximum atomic E-state index is 6.66. The maximum absolute atomic E-state index is 6.66. The van der Waals surface area contributed by atoms with Crippen molar-refractivity contribution in [1.82, 2.24) is 29.5 Å². The number of oxazole rings is 1. The molecule has 8 rings (SSSR count). The van der Waals surface area contributed by atoms with Crippen molar-refractivity contribution < 1.29 is 13.4 Å². The number of furan rings is 1. The monoisotopic (exact) mass is 609 g/mol. The summed E-state index contributed by atoms with van der Waals surface area (Å²) in [4.78, 5) is 26.1. The molecule has 0 atom stereocenters. The fraction of sp³-hybridized carbons (Fsp3) is 0. The van der Waals surface area contributed by atoms with Gasteiger partial charge in [-0.3, -0.25) is 4.98 Å². The third-order valence-electron chi connectivity index (χ3n) is 7.54. The largest absolute Gasteiger partial charge is 0.459 e. The lowest BCUT2D eigenvalue weighted by molar-refractivity contribution is 0.418. The van der Waals surface area contributed by atoms with E-state index in [4.69, 9.17) is 42.7 Å². The van der Waals surface area contributed by atoms with Crippen molar-refractivity contribution in [2.45, 2.75) is 19.5 Å². The van der Waals surface area contributed by atoms with E-state index in [2.05, 4.69) is 5.16 Å². The van der Waals surface area contributed by atoms with Crippen molar-refractivity contribution in [3.05, 3.63) is 132 Å². The summed E-state index contributed by atoms with van der Waals surface area (Å²) in [5.74, 6) is 0.255. The van der Waals surface area contributed by atoms with Gasteiger partial charge in [0.2, 0.25) is 0 Å². The lowest BCUT2D eigenvalue weighted by atomic mass is 10.2. The first-order valence-electron chi connectivity index (χ1n) is 12.6. The zero-order chi connectivity index (χ0) is 28.1. The van der Waals surface area contributed by atoms with Gasteiger partial charge in [-0.15, -0.1) is 11.3 Å². The predicted octanol–water partition coefficient (Wildman–Crippen LogP) is 7.36. The van der Waals surface area contributed by atoms with Gasteiger partial charge < -0.3 is 13.4 Å². The summed E-state index contributed by atoms with van der Waals surface area (Å²) >= 11 is 2.84. The van der Waals surface area contributed by atoms with E-state index in [0.717, 1.165) is 4.21 Å². The maximum Gasteiger partial charge on any atom is 0.250 e. The van der Waals surface area contributed by atoms with Crippen LogP contribution in [0.1, 0.15) is 17.3 Å². The molecule has 206 valence electrons. The number of hydrogen-bond donors (Lipinski definition) is 0. The Balaban J connectivity index is 1.84. The van der Waals surface area contributed by atoms with E-state index >= 15 is 0 Å². The second-order valence-corrected chi connectivity index (χ2v) is 16.6. The Labute approximate surface area is 245 Å². The average molecular weight is 610 g/mol. The summed E-state index contributed by atoms with van der Waals surface area (Å²) in [6.45, 7) is 0. The number of aliphatic imine (C=N–C) groups is 1. The first kappa shape index (κ1) is 24.8. The normalized spacial score (nSPS) is 18.5. The van der Waals surface area contributed by atoms with Crippen LogP contribution in [0.25, 0.3) is 10.6 Å². The lowest BCUT2D eigenvalue weighted by Crippen LogP contribution is -2.46. The summed E-state index contributed by atoms with van der Waals surface area (Å²) in [6.07, 6.45) is 11.4. The number of hydrogen-bond acceptors (Lipinski definition) is 12. The van der Waals surface area contributed by atoms with Crippen LogP contribution in [-0.2, 0) is 0 Å². The quantitative estimate of drug-likeness (QED) is 0.170. The summed E-state index contributed by atoms with van der Waals surface area (Å²) in [6, 6.07) is 19.0. The highest BCUT2D eigenvalue weighted by Gasteiger charge is 2.83. The minimum absolute atomic E-state index is 0.255. The van der Waals surface area contributed by atoms with E-state index in [1.165, 1.54) is 35.4 Å². The third-order valence-corrected chi connectivity index (χ3v) is 17.8. The minimum Gasteiger partial charge on any atom is -0.459 e. The standard InChI is InChI=1S/C29H19N7O3S3/c1-2-11-30-22(6-1)42(23-7-3-15-37-23,24-8-4-18-40-24,29-32-12-5-13-33-29)26(21-9-16-39-35-21)25(20-10-19-41-36-20)34-28(42)27-31-14-17-38-27/h1-19H. The molecule has 0 bridgehead atoms. The summed E-state index contributed by atoms with van der Waals surface area (Å²) in [5, 5.41) is 10.4. The van der Waals surface area contributed by atoms with E-state index in [1.54, 1.807) is 43.2 Å². The van der Waals surface area contributed by atoms with E-state index in [-0.39, 0.29) is 5.89 Å². The van der Waals surface area contributed by atoms with Crippen molar-refractivity contribution >= 4 is 46.8 Å². The molecule has 0 amide bonds. The molecular formula is C29H19N7O3S3. The van der Waals surface area contributed by atoms with E-state index < -0.39 is 8.29 Å². The Kier molecular flexibility index (Phi) is 5.17. The van der Waals surface area contributed by atoms with Crippen molar-refractivity contribution in [3.8, 4) is 0 Å². The van der Waals surface area contributed by atoms with Crippen LogP contribution in [0.15, 0.2) is 153 Å². The Hall–Kier alpha value is -4.98. The van der Waals surface area contributed by atoms with Crippen LogP contribution in [0.2, 0.25) is 0 Å². The zero-order valence-electron chi connectivity index (χ0n) is 21.5. The Morgan fingerprint density at radius 3 is 2.29 bits per heavy atom. The number of rotatable bonds is 7. The number of thiophene rings is 1. The minimum atomic E-state index is -5.25. The SMILES string of the molecule is c1ccc(S2(c3ncccn3)(c3ccco3)(c3cccs3)C(c3ncco3)=NC(c3ccsn3)=C2c2ccon2)nc1. The van der Waals surface area contributed by atoms with Crippen molar-refractivity contribution in [1.29, 1.82) is 0 Å². The van der Waals surface area contributed by atoms with Crippen LogP contribution in [-0.4, -0.2) is 34.5 Å². The second-order valence-electron chi connectivity index (χ2n) is 9.30. The van der Waals surface area contributed by atoms with Gasteiger partial charge in [-0.25, -0.2) is 19.9 Å². The Morgan fingerprint density at radius 1 is 0.690 bits per heavy atom. The second kappa shape index (κ2) is 8.76. The number of aromatic nitrogens is 6. The molecule has 0 aromatic carbocycles. The highest BCUT2D eigenvalue weighted by molar-refractivity contribution is 8.80. The van der Waals surface area contributed by atoms with Crippen LogP contribution in [0.4, 0.5) is 0 Å². The van der Waals surface area contributed by atoms with Crippen LogP contribution in [0.5, 0.6) is 0 Å². The molecule has 0 radical (unpaired) electrons. The molecule has 1 aliphatic heterocycles. The molecule has 13 heteroatoms. The molecule has 0 saturated carbocycles. The first-order chi connectivity index (χ1) is 20.8. The van der Waals surface area contributed by atoms with Crippen LogP contribution < -0.4 is 0 Å². The van der Waals surface area contributed by atoms with Gasteiger partial charge in [0.05, 0.1) is 26.6 Å². The Bertz CT molecular complexity index is 1980. The molecule has 42 heavy (non-hydrogen) atoms. The number of nitrogens with zero attached hydrogens (tertiary/aromatic N) is 7. The lowest BCUT2D eigenvalue weighted by Gasteiger charge is -2.71.